The van der Waals surface area contributed by atoms with E-state index in [2.05, 4.69) is 5.32 Å². The number of carboxylic acids is 1. The average molecular weight is 358 g/mol. The van der Waals surface area contributed by atoms with Crippen LogP contribution in [0.2, 0.25) is 0 Å². The largest absolute Gasteiger partial charge is 0.478 e. The van der Waals surface area contributed by atoms with Crippen LogP contribution in [0.1, 0.15) is 36.5 Å². The molecule has 1 fully saturated rings. The summed E-state index contributed by atoms with van der Waals surface area (Å²) in [6.07, 6.45) is 1.36. The molecule has 1 aromatic carbocycles. The van der Waals surface area contributed by atoms with Crippen molar-refractivity contribution in [2.24, 2.45) is 0 Å². The molecule has 1 aliphatic heterocycles. The van der Waals surface area contributed by atoms with E-state index in [4.69, 9.17) is 5.11 Å². The van der Waals surface area contributed by atoms with E-state index in [-0.39, 0.29) is 23.5 Å². The van der Waals surface area contributed by atoms with Crippen LogP contribution in [0.4, 0.5) is 10.1 Å². The molecular weight excluding hydrogens is 339 g/mol. The highest BCUT2D eigenvalue weighted by Gasteiger charge is 2.38. The number of amides is 1. The van der Waals surface area contributed by atoms with Gasteiger partial charge < -0.3 is 10.4 Å². The quantitative estimate of drug-likeness (QED) is 0.805. The minimum atomic E-state index is -3.52. The molecule has 0 aromatic heterocycles. The highest BCUT2D eigenvalue weighted by atomic mass is 32.2. The van der Waals surface area contributed by atoms with Gasteiger partial charge in [0.2, 0.25) is 15.9 Å². The van der Waals surface area contributed by atoms with Crippen LogP contribution in [0.3, 0.4) is 0 Å². The third-order valence-corrected chi connectivity index (χ3v) is 5.88. The fourth-order valence-electron chi connectivity index (χ4n) is 2.68. The molecule has 132 valence electrons. The zero-order chi connectivity index (χ0) is 17.9. The number of nitrogens with one attached hydrogen (secondary N) is 1. The lowest BCUT2D eigenvalue weighted by molar-refractivity contribution is -0.119. The Balaban J connectivity index is 2.16. The number of carboxylic acid groups (broad SMARTS) is 1. The number of anilines is 1. The molecule has 1 heterocycles. The summed E-state index contributed by atoms with van der Waals surface area (Å²) >= 11 is 0. The van der Waals surface area contributed by atoms with Gasteiger partial charge in [0.25, 0.3) is 0 Å². The second kappa shape index (κ2) is 7.27. The van der Waals surface area contributed by atoms with Crippen molar-refractivity contribution in [1.29, 1.82) is 0 Å². The second-order valence-electron chi connectivity index (χ2n) is 5.57. The number of hydrogen-bond acceptors (Lipinski definition) is 4. The Morgan fingerprint density at radius 2 is 2.12 bits per heavy atom. The Labute approximate surface area is 139 Å². The molecule has 0 aliphatic carbocycles. The first kappa shape index (κ1) is 18.3. The van der Waals surface area contributed by atoms with Gasteiger partial charge in [0, 0.05) is 6.54 Å². The maximum atomic E-state index is 13.9. The van der Waals surface area contributed by atoms with Gasteiger partial charge in [-0.1, -0.05) is 6.92 Å². The van der Waals surface area contributed by atoms with Crippen molar-refractivity contribution in [3.63, 3.8) is 0 Å². The summed E-state index contributed by atoms with van der Waals surface area (Å²) in [5.74, 6) is -2.82. The number of nitrogens with zero attached hydrogens (tertiary/aromatic N) is 1. The summed E-state index contributed by atoms with van der Waals surface area (Å²) in [7, 11) is -3.52. The van der Waals surface area contributed by atoms with Crippen LogP contribution in [0.25, 0.3) is 0 Å². The number of halogens is 1. The van der Waals surface area contributed by atoms with Gasteiger partial charge in [-0.3, -0.25) is 4.79 Å². The fraction of sp³-hybridized carbons (Fsp3) is 0.467. The van der Waals surface area contributed by atoms with Crippen LogP contribution >= 0.6 is 0 Å². The number of carbonyl (C=O) groups excluding carboxylic acids is 1. The van der Waals surface area contributed by atoms with E-state index >= 15 is 0 Å². The van der Waals surface area contributed by atoms with E-state index in [1.807, 2.05) is 0 Å². The topological polar surface area (TPSA) is 104 Å². The zero-order valence-corrected chi connectivity index (χ0v) is 14.0. The van der Waals surface area contributed by atoms with E-state index in [1.54, 1.807) is 6.92 Å². The van der Waals surface area contributed by atoms with Crippen molar-refractivity contribution in [3.8, 4) is 0 Å². The summed E-state index contributed by atoms with van der Waals surface area (Å²) in [6, 6.07) is 2.25. The molecule has 1 aliphatic rings. The van der Waals surface area contributed by atoms with Gasteiger partial charge in [-0.15, -0.1) is 0 Å². The lowest BCUT2D eigenvalue weighted by Crippen LogP contribution is -2.44. The molecule has 1 amide bonds. The van der Waals surface area contributed by atoms with E-state index in [9.17, 15) is 22.4 Å². The Hall–Kier alpha value is -2.00. The lowest BCUT2D eigenvalue weighted by Gasteiger charge is -2.23. The second-order valence-corrected chi connectivity index (χ2v) is 7.61. The summed E-state index contributed by atoms with van der Waals surface area (Å²) in [4.78, 5) is 23.1. The van der Waals surface area contributed by atoms with Gasteiger partial charge in [0.15, 0.2) is 0 Å². The zero-order valence-electron chi connectivity index (χ0n) is 13.2. The van der Waals surface area contributed by atoms with Crippen LogP contribution < -0.4 is 5.32 Å². The van der Waals surface area contributed by atoms with Crippen LogP contribution in [0, 0.1) is 5.82 Å². The number of sulfonamides is 1. The minimum absolute atomic E-state index is 0.0432. The average Bonchev–Trinajstić information content (AvgIpc) is 2.99. The predicted molar refractivity (Wildman–Crippen MR) is 85.8 cm³/mol. The van der Waals surface area contributed by atoms with Gasteiger partial charge in [-0.25, -0.2) is 17.6 Å². The Morgan fingerprint density at radius 3 is 2.71 bits per heavy atom. The molecule has 2 rings (SSSR count). The van der Waals surface area contributed by atoms with Crippen LogP contribution in [-0.4, -0.2) is 48.0 Å². The maximum Gasteiger partial charge on any atom is 0.335 e. The van der Waals surface area contributed by atoms with Crippen molar-refractivity contribution >= 4 is 27.6 Å². The number of carbonyl (C=O) groups is 2. The molecule has 0 bridgehead atoms. The molecule has 7 nitrogen and oxygen atoms in total. The Bertz CT molecular complexity index is 750. The normalized spacial score (nSPS) is 18.5. The third-order valence-electron chi connectivity index (χ3n) is 3.80. The van der Waals surface area contributed by atoms with Crippen molar-refractivity contribution in [3.05, 3.63) is 29.6 Å². The number of rotatable bonds is 6. The van der Waals surface area contributed by atoms with Gasteiger partial charge >= 0.3 is 5.97 Å². The molecule has 9 heteroatoms. The molecule has 0 spiro atoms. The van der Waals surface area contributed by atoms with E-state index in [0.717, 1.165) is 16.4 Å². The maximum absolute atomic E-state index is 13.9. The molecular formula is C15H19FN2O5S. The summed E-state index contributed by atoms with van der Waals surface area (Å²) < 4.78 is 39.4. The molecule has 0 saturated carbocycles. The monoisotopic (exact) mass is 358 g/mol. The van der Waals surface area contributed by atoms with Crippen LogP contribution in [0.5, 0.6) is 0 Å². The standard InChI is InChI=1S/C15H19FN2O5S/c1-2-8-24(22,23)18-7-3-4-13(18)14(19)17-12-6-5-10(15(20)21)9-11(12)16/h5-6,9,13H,2-4,7-8H2,1H3,(H,17,19)(H,20,21). The summed E-state index contributed by atoms with van der Waals surface area (Å²) in [5, 5.41) is 11.2. The van der Waals surface area contributed by atoms with Gasteiger partial charge in [0.1, 0.15) is 11.9 Å². The Morgan fingerprint density at radius 1 is 1.42 bits per heavy atom. The molecule has 2 N–H and O–H groups in total. The van der Waals surface area contributed by atoms with Gasteiger partial charge in [0.05, 0.1) is 17.0 Å². The highest BCUT2D eigenvalue weighted by Crippen LogP contribution is 2.24. The number of aromatic carboxylic acids is 1. The van der Waals surface area contributed by atoms with Gasteiger partial charge in [-0.05, 0) is 37.5 Å². The summed E-state index contributed by atoms with van der Waals surface area (Å²) in [6.45, 7) is 2.00. The summed E-state index contributed by atoms with van der Waals surface area (Å²) in [5.41, 5.74) is -0.414. The first-order chi connectivity index (χ1) is 11.3. The number of benzene rings is 1. The van der Waals surface area contributed by atoms with E-state index < -0.39 is 33.8 Å². The SMILES string of the molecule is CCCS(=O)(=O)N1CCCC1C(=O)Nc1ccc(C(=O)O)cc1F. The number of hydrogen-bond donors (Lipinski definition) is 2. The molecule has 1 atom stereocenters. The first-order valence-electron chi connectivity index (χ1n) is 7.59. The highest BCUT2D eigenvalue weighted by molar-refractivity contribution is 7.89. The molecule has 1 saturated heterocycles. The smallest absolute Gasteiger partial charge is 0.335 e. The van der Waals surface area contributed by atoms with Crippen molar-refractivity contribution in [2.75, 3.05) is 17.6 Å². The first-order valence-corrected chi connectivity index (χ1v) is 9.20. The lowest BCUT2D eigenvalue weighted by atomic mass is 10.1. The fourth-order valence-corrected chi connectivity index (χ4v) is 4.42. The van der Waals surface area contributed by atoms with Gasteiger partial charge in [-0.2, -0.15) is 4.31 Å². The Kier molecular flexibility index (Phi) is 5.55. The molecule has 1 aromatic rings. The van der Waals surface area contributed by atoms with E-state index in [0.29, 0.717) is 19.3 Å². The molecule has 0 radical (unpaired) electrons. The van der Waals surface area contributed by atoms with Crippen molar-refractivity contribution < 1.29 is 27.5 Å². The van der Waals surface area contributed by atoms with Crippen LogP contribution in [0.15, 0.2) is 18.2 Å². The van der Waals surface area contributed by atoms with Crippen LogP contribution in [-0.2, 0) is 14.8 Å². The molecule has 1 unspecified atom stereocenters. The minimum Gasteiger partial charge on any atom is -0.478 e. The van der Waals surface area contributed by atoms with Crippen molar-refractivity contribution in [1.82, 2.24) is 4.31 Å². The predicted octanol–water partition coefficient (Wildman–Crippen LogP) is 1.67. The molecule has 24 heavy (non-hydrogen) atoms. The van der Waals surface area contributed by atoms with Crippen molar-refractivity contribution in [2.45, 2.75) is 32.2 Å². The third kappa shape index (κ3) is 3.90. The van der Waals surface area contributed by atoms with E-state index in [1.165, 1.54) is 6.07 Å².